The lowest BCUT2D eigenvalue weighted by atomic mass is 10.0. The second kappa shape index (κ2) is 7.62. The zero-order valence-electron chi connectivity index (χ0n) is 17.3. The number of hydrogen-bond donors (Lipinski definition) is 2. The van der Waals surface area contributed by atoms with Crippen molar-refractivity contribution in [2.24, 2.45) is 0 Å². The Kier molecular flexibility index (Phi) is 5.40. The molecule has 0 unspecified atom stereocenters. The third kappa shape index (κ3) is 3.86. The molecule has 0 bridgehead atoms. The lowest BCUT2D eigenvalue weighted by molar-refractivity contribution is 0.0905. The number of fused-ring (bicyclic) bond motifs is 1. The average Bonchev–Trinajstić information content (AvgIpc) is 2.99. The lowest BCUT2D eigenvalue weighted by Gasteiger charge is -2.28. The zero-order valence-corrected chi connectivity index (χ0v) is 17.3. The number of pyridine rings is 1. The van der Waals surface area contributed by atoms with E-state index in [0.717, 1.165) is 41.0 Å². The molecule has 1 aromatic carbocycles. The number of nitrogens with zero attached hydrogens (tertiary/aromatic N) is 3. The Bertz CT molecular complexity index is 1000. The third-order valence-electron chi connectivity index (χ3n) is 4.99. The number of aryl methyl sites for hydroxylation is 3. The number of rotatable bonds is 6. The number of nitrogen functional groups attached to an aromatic ring is 1. The maximum Gasteiger partial charge on any atom is 0.251 e. The summed E-state index contributed by atoms with van der Waals surface area (Å²) in [4.78, 5) is 21.9. The Balaban J connectivity index is 2.00. The first kappa shape index (κ1) is 19.9. The van der Waals surface area contributed by atoms with Crippen LogP contribution in [-0.2, 0) is 13.0 Å². The Labute approximate surface area is 166 Å². The number of nitrogens with one attached hydrogen (secondary N) is 1. The van der Waals surface area contributed by atoms with Gasteiger partial charge in [-0.3, -0.25) is 4.79 Å². The van der Waals surface area contributed by atoms with Crippen molar-refractivity contribution >= 4 is 22.8 Å². The molecular weight excluding hydrogens is 350 g/mol. The van der Waals surface area contributed by atoms with Crippen LogP contribution in [0.5, 0.6) is 0 Å². The summed E-state index contributed by atoms with van der Waals surface area (Å²) in [5, 5.41) is 3.16. The van der Waals surface area contributed by atoms with E-state index in [9.17, 15) is 4.79 Å². The summed E-state index contributed by atoms with van der Waals surface area (Å²) >= 11 is 0. The minimum absolute atomic E-state index is 0.0823. The first-order chi connectivity index (χ1) is 13.2. The second-order valence-corrected chi connectivity index (χ2v) is 7.97. The van der Waals surface area contributed by atoms with E-state index < -0.39 is 5.54 Å². The Morgan fingerprint density at radius 1 is 1.18 bits per heavy atom. The fraction of sp³-hybridized carbons (Fsp3) is 0.409. The van der Waals surface area contributed by atoms with Crippen LogP contribution in [-0.4, -0.2) is 26.0 Å². The summed E-state index contributed by atoms with van der Waals surface area (Å²) in [6, 6.07) is 9.28. The summed E-state index contributed by atoms with van der Waals surface area (Å²) in [5.41, 5.74) is 10.1. The molecule has 0 aliphatic carbocycles. The molecule has 28 heavy (non-hydrogen) atoms. The van der Waals surface area contributed by atoms with Crippen LogP contribution in [0.2, 0.25) is 0 Å². The molecule has 0 radical (unpaired) electrons. The number of carbonyl (C=O) groups is 1. The van der Waals surface area contributed by atoms with Crippen LogP contribution in [0.25, 0.3) is 11.0 Å². The van der Waals surface area contributed by atoms with Crippen molar-refractivity contribution in [2.75, 3.05) is 5.73 Å². The van der Waals surface area contributed by atoms with Crippen molar-refractivity contribution < 1.29 is 4.79 Å². The van der Waals surface area contributed by atoms with E-state index in [-0.39, 0.29) is 5.91 Å². The summed E-state index contributed by atoms with van der Waals surface area (Å²) in [6.45, 7) is 10.8. The molecule has 6 heteroatoms. The first-order valence-corrected chi connectivity index (χ1v) is 9.73. The van der Waals surface area contributed by atoms with Crippen LogP contribution in [0.1, 0.15) is 54.6 Å². The molecule has 2 heterocycles. The molecule has 148 valence electrons. The van der Waals surface area contributed by atoms with Gasteiger partial charge in [-0.15, -0.1) is 0 Å². The van der Waals surface area contributed by atoms with Gasteiger partial charge in [-0.05, 0) is 51.8 Å². The summed E-state index contributed by atoms with van der Waals surface area (Å²) in [7, 11) is 0. The minimum atomic E-state index is -0.471. The first-order valence-electron chi connectivity index (χ1n) is 9.73. The highest BCUT2D eigenvalue weighted by Gasteiger charge is 2.26. The van der Waals surface area contributed by atoms with Gasteiger partial charge in [0.05, 0.1) is 11.1 Å². The second-order valence-electron chi connectivity index (χ2n) is 7.97. The van der Waals surface area contributed by atoms with Gasteiger partial charge in [0.25, 0.3) is 5.91 Å². The van der Waals surface area contributed by atoms with Crippen molar-refractivity contribution in [3.63, 3.8) is 0 Å². The molecule has 0 saturated carbocycles. The topological polar surface area (TPSA) is 85.8 Å². The highest BCUT2D eigenvalue weighted by Crippen LogP contribution is 2.28. The van der Waals surface area contributed by atoms with E-state index in [1.165, 1.54) is 0 Å². The monoisotopic (exact) mass is 379 g/mol. The van der Waals surface area contributed by atoms with Crippen LogP contribution in [0.15, 0.2) is 30.3 Å². The largest absolute Gasteiger partial charge is 0.382 e. The summed E-state index contributed by atoms with van der Waals surface area (Å²) < 4.78 is 2.20. The van der Waals surface area contributed by atoms with Crippen LogP contribution in [0.3, 0.4) is 0 Å². The maximum atomic E-state index is 12.7. The number of benzene rings is 1. The molecule has 0 spiro atoms. The fourth-order valence-corrected chi connectivity index (χ4v) is 3.54. The molecule has 0 fully saturated rings. The van der Waals surface area contributed by atoms with Crippen LogP contribution in [0.4, 0.5) is 5.82 Å². The van der Waals surface area contributed by atoms with E-state index in [1.54, 1.807) is 0 Å². The SMILES string of the molecule is CCCc1nc2c(N)nc(C)c(C)c2n1CC(C)(C)NC(=O)c1ccccc1. The van der Waals surface area contributed by atoms with Gasteiger partial charge >= 0.3 is 0 Å². The standard InChI is InChI=1S/C22H29N5O/c1-6-10-17-25-18-19(14(2)15(3)24-20(18)23)27(17)13-22(4,5)26-21(28)16-11-8-7-9-12-16/h7-9,11-12H,6,10,13H2,1-5H3,(H2,23,24)(H,26,28). The minimum Gasteiger partial charge on any atom is -0.382 e. The highest BCUT2D eigenvalue weighted by atomic mass is 16.1. The number of aromatic nitrogens is 3. The van der Waals surface area contributed by atoms with Crippen molar-refractivity contribution in [2.45, 2.75) is 59.5 Å². The average molecular weight is 380 g/mol. The number of hydrogen-bond acceptors (Lipinski definition) is 4. The van der Waals surface area contributed by atoms with E-state index in [2.05, 4.69) is 21.8 Å². The molecule has 6 nitrogen and oxygen atoms in total. The van der Waals surface area contributed by atoms with Crippen LogP contribution in [0, 0.1) is 13.8 Å². The molecule has 3 rings (SSSR count). The van der Waals surface area contributed by atoms with Gasteiger partial charge in [-0.2, -0.15) is 0 Å². The Morgan fingerprint density at radius 2 is 1.86 bits per heavy atom. The van der Waals surface area contributed by atoms with E-state index in [4.69, 9.17) is 10.7 Å². The molecule has 0 saturated heterocycles. The Hall–Kier alpha value is -2.89. The van der Waals surface area contributed by atoms with Crippen LogP contribution >= 0.6 is 0 Å². The normalized spacial score (nSPS) is 11.8. The predicted octanol–water partition coefficient (Wildman–Crippen LogP) is 3.79. The molecule has 3 aromatic rings. The van der Waals surface area contributed by atoms with Crippen molar-refractivity contribution in [1.82, 2.24) is 19.9 Å². The van der Waals surface area contributed by atoms with Gasteiger partial charge in [0.2, 0.25) is 0 Å². The quantitative estimate of drug-likeness (QED) is 0.682. The van der Waals surface area contributed by atoms with Gasteiger partial charge < -0.3 is 15.6 Å². The molecule has 2 aromatic heterocycles. The van der Waals surface area contributed by atoms with Gasteiger partial charge in [-0.25, -0.2) is 9.97 Å². The fourth-order valence-electron chi connectivity index (χ4n) is 3.54. The number of amides is 1. The predicted molar refractivity (Wildman–Crippen MR) is 113 cm³/mol. The summed E-state index contributed by atoms with van der Waals surface area (Å²) in [5.74, 6) is 1.35. The Morgan fingerprint density at radius 3 is 2.50 bits per heavy atom. The van der Waals surface area contributed by atoms with E-state index >= 15 is 0 Å². The molecule has 0 aliphatic rings. The zero-order chi connectivity index (χ0) is 20.5. The van der Waals surface area contributed by atoms with Gasteiger partial charge in [0, 0.05) is 24.2 Å². The molecular formula is C22H29N5O. The van der Waals surface area contributed by atoms with Crippen LogP contribution < -0.4 is 11.1 Å². The van der Waals surface area contributed by atoms with Gasteiger partial charge in [0.15, 0.2) is 5.82 Å². The van der Waals surface area contributed by atoms with Gasteiger partial charge in [-0.1, -0.05) is 25.1 Å². The van der Waals surface area contributed by atoms with E-state index in [1.807, 2.05) is 58.0 Å². The molecule has 3 N–H and O–H groups in total. The molecule has 0 atom stereocenters. The maximum absolute atomic E-state index is 12.7. The van der Waals surface area contributed by atoms with Crippen molar-refractivity contribution in [3.05, 3.63) is 53.0 Å². The summed E-state index contributed by atoms with van der Waals surface area (Å²) in [6.07, 6.45) is 1.82. The van der Waals surface area contributed by atoms with Crippen molar-refractivity contribution in [3.8, 4) is 0 Å². The molecule has 0 aliphatic heterocycles. The molecule has 1 amide bonds. The smallest absolute Gasteiger partial charge is 0.251 e. The number of nitrogens with two attached hydrogens (primary N) is 1. The lowest BCUT2D eigenvalue weighted by Crippen LogP contribution is -2.46. The number of imidazole rings is 1. The van der Waals surface area contributed by atoms with Gasteiger partial charge in [0.1, 0.15) is 11.3 Å². The van der Waals surface area contributed by atoms with E-state index in [0.29, 0.717) is 17.9 Å². The number of anilines is 1. The number of carbonyl (C=O) groups excluding carboxylic acids is 1. The highest BCUT2D eigenvalue weighted by molar-refractivity contribution is 5.94. The third-order valence-corrected chi connectivity index (χ3v) is 4.99. The van der Waals surface area contributed by atoms with Crippen molar-refractivity contribution in [1.29, 1.82) is 0 Å².